The van der Waals surface area contributed by atoms with E-state index < -0.39 is 29.7 Å². The van der Waals surface area contributed by atoms with Gasteiger partial charge in [-0.2, -0.15) is 0 Å². The van der Waals surface area contributed by atoms with E-state index in [0.717, 1.165) is 39.4 Å². The summed E-state index contributed by atoms with van der Waals surface area (Å²) in [4.78, 5) is 92.0. The minimum atomic E-state index is -1.03. The maximum absolute atomic E-state index is 13.3. The van der Waals surface area contributed by atoms with E-state index in [0.29, 0.717) is 60.9 Å². The smallest absolute Gasteiger partial charge is 0.264 e. The molecular weight excluding hydrogens is 701 g/mol. The van der Waals surface area contributed by atoms with Crippen LogP contribution in [0.25, 0.3) is 32.6 Å². The van der Waals surface area contributed by atoms with Crippen molar-refractivity contribution in [3.63, 3.8) is 0 Å². The molecule has 16 nitrogen and oxygen atoms in total. The number of amides is 5. The van der Waals surface area contributed by atoms with Crippen molar-refractivity contribution in [3.05, 3.63) is 69.3 Å². The third-order valence-electron chi connectivity index (χ3n) is 9.92. The van der Waals surface area contributed by atoms with E-state index in [-0.39, 0.29) is 42.0 Å². The van der Waals surface area contributed by atoms with E-state index in [1.165, 1.54) is 11.3 Å². The third kappa shape index (κ3) is 6.37. The maximum Gasteiger partial charge on any atom is 0.264 e. The Morgan fingerprint density at radius 2 is 1.77 bits per heavy atom. The highest BCUT2D eigenvalue weighted by atomic mass is 32.1. The van der Waals surface area contributed by atoms with Crippen molar-refractivity contribution in [2.24, 2.45) is 0 Å². The van der Waals surface area contributed by atoms with Gasteiger partial charge in [0.2, 0.25) is 17.7 Å². The zero-order chi connectivity index (χ0) is 36.8. The molecule has 272 valence electrons. The number of hydrogen-bond donors (Lipinski definition) is 6. The molecule has 2 saturated heterocycles. The second-order valence-electron chi connectivity index (χ2n) is 13.3. The summed E-state index contributed by atoms with van der Waals surface area (Å²) in [7, 11) is 0. The number of benzene rings is 2. The highest BCUT2D eigenvalue weighted by Gasteiger charge is 2.45. The molecule has 2 aromatic carbocycles. The number of H-pyrrole nitrogens is 2. The zero-order valence-corrected chi connectivity index (χ0v) is 29.3. The van der Waals surface area contributed by atoms with Crippen LogP contribution in [0, 0.1) is 0 Å². The number of pyridine rings is 1. The molecule has 53 heavy (non-hydrogen) atoms. The van der Waals surface area contributed by atoms with Gasteiger partial charge < -0.3 is 31.2 Å². The van der Waals surface area contributed by atoms with Crippen LogP contribution < -0.4 is 32.1 Å². The monoisotopic (exact) mass is 736 g/mol. The first-order chi connectivity index (χ1) is 25.7. The molecule has 3 aliphatic rings. The minimum Gasteiger partial charge on any atom is -0.397 e. The first kappa shape index (κ1) is 34.0. The number of imide groups is 2. The summed E-state index contributed by atoms with van der Waals surface area (Å²) in [6, 6.07) is 11.7. The van der Waals surface area contributed by atoms with Gasteiger partial charge in [-0.15, -0.1) is 11.3 Å². The topological polar surface area (TPSA) is 219 Å². The molecule has 1 atom stereocenters. The van der Waals surface area contributed by atoms with Crippen molar-refractivity contribution in [1.29, 1.82) is 0 Å². The SMILES string of the molecule is Nc1c(-c2nc3ccc(N4CCN(CC(=O)NCCCNc5cccc6c5C(=O)N(C5CCC(=O)NC5=O)C6=O)CC4)cc3[nH]2)c(=O)[nH]c2ccsc12. The van der Waals surface area contributed by atoms with Crippen LogP contribution in [0.2, 0.25) is 0 Å². The van der Waals surface area contributed by atoms with Crippen LogP contribution >= 0.6 is 11.3 Å². The fourth-order valence-electron chi connectivity index (χ4n) is 7.21. The molecule has 6 heterocycles. The largest absolute Gasteiger partial charge is 0.397 e. The van der Waals surface area contributed by atoms with Gasteiger partial charge in [-0.05, 0) is 54.6 Å². The Morgan fingerprint density at radius 1 is 0.943 bits per heavy atom. The number of thiophene rings is 1. The Morgan fingerprint density at radius 3 is 2.58 bits per heavy atom. The number of aromatic nitrogens is 3. The van der Waals surface area contributed by atoms with Gasteiger partial charge in [0.15, 0.2) is 0 Å². The molecule has 1 unspecified atom stereocenters. The van der Waals surface area contributed by atoms with Gasteiger partial charge in [0.1, 0.15) is 17.4 Å². The molecule has 0 bridgehead atoms. The molecular formula is C36H36N10O6S. The Balaban J connectivity index is 0.800. The van der Waals surface area contributed by atoms with E-state index in [4.69, 9.17) is 5.73 Å². The van der Waals surface area contributed by atoms with Crippen LogP contribution in [0.4, 0.5) is 17.1 Å². The molecule has 5 aromatic rings. The number of hydrogen-bond acceptors (Lipinski definition) is 12. The number of nitrogen functional groups attached to an aromatic ring is 1. The normalized spacial score (nSPS) is 17.8. The lowest BCUT2D eigenvalue weighted by molar-refractivity contribution is -0.136. The number of piperidine rings is 1. The Labute approximate surface area is 305 Å². The number of anilines is 3. The van der Waals surface area contributed by atoms with Crippen LogP contribution in [0.3, 0.4) is 0 Å². The summed E-state index contributed by atoms with van der Waals surface area (Å²) < 4.78 is 0.816. The summed E-state index contributed by atoms with van der Waals surface area (Å²) >= 11 is 1.47. The predicted molar refractivity (Wildman–Crippen MR) is 200 cm³/mol. The second kappa shape index (κ2) is 13.8. The molecule has 0 radical (unpaired) electrons. The van der Waals surface area contributed by atoms with Crippen molar-refractivity contribution in [2.75, 3.05) is 61.8 Å². The molecule has 8 rings (SSSR count). The first-order valence-electron chi connectivity index (χ1n) is 17.4. The fourth-order valence-corrected chi connectivity index (χ4v) is 8.02. The van der Waals surface area contributed by atoms with E-state index in [2.05, 4.69) is 40.7 Å². The molecule has 0 aliphatic carbocycles. The molecule has 0 spiro atoms. The van der Waals surface area contributed by atoms with Crippen LogP contribution in [0.15, 0.2) is 52.6 Å². The number of carbonyl (C=O) groups excluding carboxylic acids is 5. The Bertz CT molecular complexity index is 2370. The number of nitrogens with one attached hydrogen (secondary N) is 5. The van der Waals surface area contributed by atoms with Crippen LogP contribution in [-0.2, 0) is 14.4 Å². The van der Waals surface area contributed by atoms with Gasteiger partial charge in [-0.3, -0.25) is 43.9 Å². The second-order valence-corrected chi connectivity index (χ2v) is 14.2. The van der Waals surface area contributed by atoms with Crippen molar-refractivity contribution in [1.82, 2.24) is 35.4 Å². The Kier molecular flexibility index (Phi) is 8.87. The molecule has 3 aromatic heterocycles. The Hall–Kier alpha value is -6.07. The van der Waals surface area contributed by atoms with Crippen LogP contribution in [-0.4, -0.2) is 106 Å². The number of imidazole rings is 1. The van der Waals surface area contributed by atoms with Crippen molar-refractivity contribution in [2.45, 2.75) is 25.3 Å². The summed E-state index contributed by atoms with van der Waals surface area (Å²) in [6.45, 7) is 4.00. The van der Waals surface area contributed by atoms with Gasteiger partial charge in [-0.25, -0.2) is 4.98 Å². The van der Waals surface area contributed by atoms with Gasteiger partial charge in [0.25, 0.3) is 17.4 Å². The highest BCUT2D eigenvalue weighted by Crippen LogP contribution is 2.34. The van der Waals surface area contributed by atoms with Crippen molar-refractivity contribution < 1.29 is 24.0 Å². The highest BCUT2D eigenvalue weighted by molar-refractivity contribution is 7.17. The third-order valence-corrected chi connectivity index (χ3v) is 10.9. The lowest BCUT2D eigenvalue weighted by Crippen LogP contribution is -2.54. The van der Waals surface area contributed by atoms with Crippen molar-refractivity contribution in [3.8, 4) is 11.4 Å². The maximum atomic E-state index is 13.3. The average molecular weight is 737 g/mol. The first-order valence-corrected chi connectivity index (χ1v) is 18.3. The lowest BCUT2D eigenvalue weighted by Gasteiger charge is -2.35. The number of fused-ring (bicyclic) bond motifs is 3. The summed E-state index contributed by atoms with van der Waals surface area (Å²) in [5.74, 6) is -1.87. The van der Waals surface area contributed by atoms with Gasteiger partial charge >= 0.3 is 0 Å². The summed E-state index contributed by atoms with van der Waals surface area (Å²) in [5.41, 5.74) is 10.9. The molecule has 17 heteroatoms. The van der Waals surface area contributed by atoms with Gasteiger partial charge in [-0.1, -0.05) is 6.07 Å². The molecule has 5 amide bonds. The van der Waals surface area contributed by atoms with Crippen LogP contribution in [0.5, 0.6) is 0 Å². The quantitative estimate of drug-likeness (QED) is 0.0898. The molecule has 0 saturated carbocycles. The molecule has 7 N–H and O–H groups in total. The van der Waals surface area contributed by atoms with E-state index in [1.54, 1.807) is 18.2 Å². The number of aromatic amines is 2. The zero-order valence-electron chi connectivity index (χ0n) is 28.5. The average Bonchev–Trinajstić information content (AvgIpc) is 3.85. The van der Waals surface area contributed by atoms with Gasteiger partial charge in [0, 0.05) is 57.1 Å². The van der Waals surface area contributed by atoms with Crippen LogP contribution in [0.1, 0.15) is 40.0 Å². The molecule has 3 aliphatic heterocycles. The minimum absolute atomic E-state index is 0.0538. The summed E-state index contributed by atoms with van der Waals surface area (Å²) in [6.07, 6.45) is 0.717. The fraction of sp³-hybridized carbons (Fsp3) is 0.306. The van der Waals surface area contributed by atoms with Gasteiger partial charge in [0.05, 0.1) is 44.6 Å². The van der Waals surface area contributed by atoms with Crippen molar-refractivity contribution >= 4 is 79.2 Å². The van der Waals surface area contributed by atoms with E-state index in [1.807, 2.05) is 29.6 Å². The van der Waals surface area contributed by atoms with E-state index in [9.17, 15) is 28.8 Å². The number of carbonyl (C=O) groups is 5. The number of nitrogens with two attached hydrogens (primary N) is 1. The lowest BCUT2D eigenvalue weighted by atomic mass is 10.0. The van der Waals surface area contributed by atoms with E-state index >= 15 is 0 Å². The number of rotatable bonds is 10. The predicted octanol–water partition coefficient (Wildman–Crippen LogP) is 1.86. The molecule has 2 fully saturated rings. The number of piperazine rings is 1. The standard InChI is InChI=1S/C36H36N10O6S/c37-30-29(34(50)42-23-9-16-53-31(23)30)32-40-21-6-5-19(17-24(21)41-32)45-14-12-44(13-15-45)18-27(48)39-11-2-10-38-22-4-1-3-20-28(22)36(52)46(35(20)51)25-7-8-26(47)43-33(25)49/h1,3-6,9,16-17,25,38H,2,7-8,10-15,18H2,(H,39,48)(H,40,41)(H3,37,42,50)(H,43,47,49). The number of nitrogens with zero attached hydrogens (tertiary/aromatic N) is 4. The summed E-state index contributed by atoms with van der Waals surface area (Å²) in [5, 5.41) is 10.2.